The Balaban J connectivity index is 1.96. The molecule has 1 aromatic heterocycles. The summed E-state index contributed by atoms with van der Waals surface area (Å²) >= 11 is 11.8. The molecule has 1 atom stereocenters. The molecule has 0 aliphatic carbocycles. The van der Waals surface area contributed by atoms with E-state index in [1.165, 1.54) is 12.3 Å². The summed E-state index contributed by atoms with van der Waals surface area (Å²) in [7, 11) is 0. The zero-order valence-corrected chi connectivity index (χ0v) is 12.9. The van der Waals surface area contributed by atoms with E-state index in [9.17, 15) is 9.90 Å². The molecule has 2 N–H and O–H groups in total. The number of carbonyl (C=O) groups is 1. The van der Waals surface area contributed by atoms with Gasteiger partial charge in [-0.2, -0.15) is 0 Å². The van der Waals surface area contributed by atoms with E-state index in [0.717, 1.165) is 0 Å². The zero-order valence-electron chi connectivity index (χ0n) is 11.4. The standard InChI is InChI=1S/C15H15Cl2NO3/c1-15(20,8-11-3-2-6-21-11)9-18-14(19)12-5-4-10(16)7-13(12)17/h2-7,20H,8-9H2,1H3,(H,18,19). The minimum absolute atomic E-state index is 0.0749. The highest BCUT2D eigenvalue weighted by Gasteiger charge is 2.24. The lowest BCUT2D eigenvalue weighted by Crippen LogP contribution is -2.42. The number of amides is 1. The molecule has 0 saturated heterocycles. The maximum absolute atomic E-state index is 12.1. The van der Waals surface area contributed by atoms with E-state index >= 15 is 0 Å². The van der Waals surface area contributed by atoms with Crippen molar-refractivity contribution in [3.8, 4) is 0 Å². The number of hydrogen-bond acceptors (Lipinski definition) is 3. The Kier molecular flexibility index (Phi) is 4.93. The van der Waals surface area contributed by atoms with E-state index < -0.39 is 5.60 Å². The summed E-state index contributed by atoms with van der Waals surface area (Å²) in [6.45, 7) is 1.70. The number of furan rings is 1. The average Bonchev–Trinajstić information content (AvgIpc) is 2.88. The van der Waals surface area contributed by atoms with Crippen LogP contribution in [-0.2, 0) is 6.42 Å². The van der Waals surface area contributed by atoms with E-state index in [0.29, 0.717) is 22.8 Å². The smallest absolute Gasteiger partial charge is 0.252 e. The summed E-state index contributed by atoms with van der Waals surface area (Å²) in [4.78, 5) is 12.1. The minimum Gasteiger partial charge on any atom is -0.469 e. The molecule has 0 bridgehead atoms. The van der Waals surface area contributed by atoms with Gasteiger partial charge in [-0.05, 0) is 37.3 Å². The second-order valence-corrected chi connectivity index (χ2v) is 5.90. The third-order valence-electron chi connectivity index (χ3n) is 2.94. The Bertz CT molecular complexity index is 624. The molecule has 0 fully saturated rings. The Morgan fingerprint density at radius 3 is 2.76 bits per heavy atom. The van der Waals surface area contributed by atoms with E-state index in [2.05, 4.69) is 5.32 Å². The summed E-state index contributed by atoms with van der Waals surface area (Å²) < 4.78 is 5.18. The molecule has 4 nitrogen and oxygen atoms in total. The highest BCUT2D eigenvalue weighted by molar-refractivity contribution is 6.36. The van der Waals surface area contributed by atoms with Crippen LogP contribution in [0, 0.1) is 0 Å². The lowest BCUT2D eigenvalue weighted by molar-refractivity contribution is 0.0510. The van der Waals surface area contributed by atoms with Gasteiger partial charge in [0, 0.05) is 18.0 Å². The molecule has 1 aromatic carbocycles. The first-order chi connectivity index (χ1) is 9.87. The van der Waals surface area contributed by atoms with Crippen molar-refractivity contribution >= 4 is 29.1 Å². The van der Waals surface area contributed by atoms with Gasteiger partial charge in [0.1, 0.15) is 5.76 Å². The summed E-state index contributed by atoms with van der Waals surface area (Å²) in [5, 5.41) is 13.6. The topological polar surface area (TPSA) is 62.5 Å². The second kappa shape index (κ2) is 6.52. The first-order valence-electron chi connectivity index (χ1n) is 6.35. The molecule has 0 radical (unpaired) electrons. The molecule has 1 amide bonds. The molecule has 0 aliphatic heterocycles. The van der Waals surface area contributed by atoms with Crippen LogP contribution < -0.4 is 5.32 Å². The van der Waals surface area contributed by atoms with Gasteiger partial charge in [0.05, 0.1) is 22.5 Å². The molecule has 21 heavy (non-hydrogen) atoms. The zero-order chi connectivity index (χ0) is 15.5. The van der Waals surface area contributed by atoms with Crippen LogP contribution in [-0.4, -0.2) is 23.2 Å². The van der Waals surface area contributed by atoms with Crippen LogP contribution in [0.15, 0.2) is 41.0 Å². The third kappa shape index (κ3) is 4.49. The summed E-state index contributed by atoms with van der Waals surface area (Å²) in [5.41, 5.74) is -0.804. The summed E-state index contributed by atoms with van der Waals surface area (Å²) in [5.74, 6) is 0.287. The predicted molar refractivity (Wildman–Crippen MR) is 81.8 cm³/mol. The maximum atomic E-state index is 12.1. The molecule has 2 rings (SSSR count). The number of nitrogens with one attached hydrogen (secondary N) is 1. The highest BCUT2D eigenvalue weighted by Crippen LogP contribution is 2.21. The molecule has 0 spiro atoms. The predicted octanol–water partition coefficient (Wildman–Crippen LogP) is 3.31. The Morgan fingerprint density at radius 2 is 2.14 bits per heavy atom. The van der Waals surface area contributed by atoms with Gasteiger partial charge in [0.25, 0.3) is 5.91 Å². The first-order valence-corrected chi connectivity index (χ1v) is 7.11. The minimum atomic E-state index is -1.12. The van der Waals surface area contributed by atoms with Crippen LogP contribution in [0.25, 0.3) is 0 Å². The van der Waals surface area contributed by atoms with Gasteiger partial charge in [-0.15, -0.1) is 0 Å². The van der Waals surface area contributed by atoms with Crippen molar-refractivity contribution < 1.29 is 14.3 Å². The van der Waals surface area contributed by atoms with E-state index in [1.54, 1.807) is 31.2 Å². The Hall–Kier alpha value is -1.49. The van der Waals surface area contributed by atoms with Crippen molar-refractivity contribution in [2.45, 2.75) is 18.9 Å². The average molecular weight is 328 g/mol. The molecule has 6 heteroatoms. The quantitative estimate of drug-likeness (QED) is 0.885. The first kappa shape index (κ1) is 15.9. The molecule has 112 valence electrons. The fraction of sp³-hybridized carbons (Fsp3) is 0.267. The summed E-state index contributed by atoms with van der Waals surface area (Å²) in [6.07, 6.45) is 1.84. The van der Waals surface area contributed by atoms with Gasteiger partial charge in [0.2, 0.25) is 0 Å². The van der Waals surface area contributed by atoms with Crippen molar-refractivity contribution in [1.29, 1.82) is 0 Å². The molecule has 1 heterocycles. The fourth-order valence-corrected chi connectivity index (χ4v) is 2.38. The van der Waals surface area contributed by atoms with E-state index in [4.69, 9.17) is 27.6 Å². The SMILES string of the molecule is CC(O)(CNC(=O)c1ccc(Cl)cc1Cl)Cc1ccco1. The van der Waals surface area contributed by atoms with Crippen LogP contribution >= 0.6 is 23.2 Å². The van der Waals surface area contributed by atoms with Gasteiger partial charge in [0.15, 0.2) is 0 Å². The van der Waals surface area contributed by atoms with Crippen molar-refractivity contribution in [1.82, 2.24) is 5.32 Å². The highest BCUT2D eigenvalue weighted by atomic mass is 35.5. The molecular formula is C15H15Cl2NO3. The van der Waals surface area contributed by atoms with Crippen molar-refractivity contribution in [3.63, 3.8) is 0 Å². The van der Waals surface area contributed by atoms with E-state index in [-0.39, 0.29) is 17.5 Å². The normalized spacial score (nSPS) is 13.7. The summed E-state index contributed by atoms with van der Waals surface area (Å²) in [6, 6.07) is 8.15. The second-order valence-electron chi connectivity index (χ2n) is 5.06. The lowest BCUT2D eigenvalue weighted by Gasteiger charge is -2.22. The number of aliphatic hydroxyl groups is 1. The van der Waals surface area contributed by atoms with Crippen molar-refractivity contribution in [2.75, 3.05) is 6.54 Å². The van der Waals surface area contributed by atoms with Gasteiger partial charge in [-0.1, -0.05) is 23.2 Å². The number of benzene rings is 1. The number of carbonyl (C=O) groups excluding carboxylic acids is 1. The Labute approximate surface area is 132 Å². The molecular weight excluding hydrogens is 313 g/mol. The molecule has 0 aliphatic rings. The largest absolute Gasteiger partial charge is 0.469 e. The van der Waals surface area contributed by atoms with Crippen LogP contribution in [0.5, 0.6) is 0 Å². The number of hydrogen-bond donors (Lipinski definition) is 2. The monoisotopic (exact) mass is 327 g/mol. The third-order valence-corrected chi connectivity index (χ3v) is 3.49. The lowest BCUT2D eigenvalue weighted by atomic mass is 10.0. The van der Waals surface area contributed by atoms with Crippen LogP contribution in [0.3, 0.4) is 0 Å². The number of rotatable bonds is 5. The van der Waals surface area contributed by atoms with Crippen molar-refractivity contribution in [3.05, 3.63) is 58.0 Å². The van der Waals surface area contributed by atoms with Gasteiger partial charge in [-0.25, -0.2) is 0 Å². The molecule has 1 unspecified atom stereocenters. The van der Waals surface area contributed by atoms with Crippen LogP contribution in [0.1, 0.15) is 23.0 Å². The van der Waals surface area contributed by atoms with Crippen molar-refractivity contribution in [2.24, 2.45) is 0 Å². The molecule has 2 aromatic rings. The fourth-order valence-electron chi connectivity index (χ4n) is 1.89. The molecule has 0 saturated carbocycles. The number of halogens is 2. The van der Waals surface area contributed by atoms with Crippen LogP contribution in [0.4, 0.5) is 0 Å². The Morgan fingerprint density at radius 1 is 1.38 bits per heavy atom. The maximum Gasteiger partial charge on any atom is 0.252 e. The van der Waals surface area contributed by atoms with E-state index in [1.807, 2.05) is 0 Å². The van der Waals surface area contributed by atoms with Gasteiger partial charge >= 0.3 is 0 Å². The van der Waals surface area contributed by atoms with Gasteiger partial charge < -0.3 is 14.8 Å². The van der Waals surface area contributed by atoms with Gasteiger partial charge in [-0.3, -0.25) is 4.79 Å². The van der Waals surface area contributed by atoms with Crippen LogP contribution in [0.2, 0.25) is 10.0 Å².